The largest absolute Gasteiger partial charge is 0.512 e. The average Bonchev–Trinajstić information content (AvgIpc) is 3.00. The van der Waals surface area contributed by atoms with Gasteiger partial charge in [-0.25, -0.2) is 0 Å². The molecule has 4 aromatic rings. The van der Waals surface area contributed by atoms with Crippen LogP contribution in [0.4, 0.5) is 0 Å². The van der Waals surface area contributed by atoms with Gasteiger partial charge in [0.15, 0.2) is 5.78 Å². The van der Waals surface area contributed by atoms with Crippen LogP contribution in [0.2, 0.25) is 13.1 Å². The molecule has 4 rings (SSSR count). The van der Waals surface area contributed by atoms with Gasteiger partial charge in [-0.1, -0.05) is 120 Å². The molecule has 44 heavy (non-hydrogen) atoms. The van der Waals surface area contributed by atoms with Crippen LogP contribution in [0.5, 0.6) is 0 Å². The molecule has 1 radical (unpaired) electrons. The van der Waals surface area contributed by atoms with Crippen molar-refractivity contribution in [3.8, 4) is 11.3 Å². The van der Waals surface area contributed by atoms with Crippen LogP contribution in [0.25, 0.3) is 22.0 Å². The summed E-state index contributed by atoms with van der Waals surface area (Å²) in [7, 11) is -1.72. The number of nitrogens with zero attached hydrogens (tertiary/aromatic N) is 1. The summed E-state index contributed by atoms with van der Waals surface area (Å²) in [6.45, 7) is 19.1. The molecule has 1 heterocycles. The van der Waals surface area contributed by atoms with Gasteiger partial charge in [0.05, 0.1) is 0 Å². The molecule has 0 atom stereocenters. The van der Waals surface area contributed by atoms with E-state index in [2.05, 4.69) is 105 Å². The van der Waals surface area contributed by atoms with Gasteiger partial charge in [-0.05, 0) is 48.2 Å². The first-order valence-electron chi connectivity index (χ1n) is 15.8. The number of carbonyl (C=O) groups is 1. The van der Waals surface area contributed by atoms with Gasteiger partial charge in [0, 0.05) is 43.7 Å². The Bertz CT molecular complexity index is 1530. The van der Waals surface area contributed by atoms with Crippen molar-refractivity contribution in [3.05, 3.63) is 102 Å². The van der Waals surface area contributed by atoms with Crippen molar-refractivity contribution in [2.24, 2.45) is 11.3 Å². The van der Waals surface area contributed by atoms with E-state index in [1.54, 1.807) is 0 Å². The third kappa shape index (κ3) is 8.87. The van der Waals surface area contributed by atoms with Crippen LogP contribution in [0.1, 0.15) is 71.4 Å². The van der Waals surface area contributed by atoms with Crippen LogP contribution in [-0.4, -0.2) is 23.9 Å². The summed E-state index contributed by atoms with van der Waals surface area (Å²) in [6, 6.07) is 27.7. The molecule has 5 heteroatoms. The number of carbonyl (C=O) groups excluding carboxylic acids is 1. The quantitative estimate of drug-likeness (QED) is 0.0755. The molecule has 237 valence electrons. The fourth-order valence-electron chi connectivity index (χ4n) is 5.56. The molecule has 1 aromatic heterocycles. The molecule has 0 bridgehead atoms. The third-order valence-corrected chi connectivity index (χ3v) is 12.8. The number of ketones is 1. The van der Waals surface area contributed by atoms with Crippen molar-refractivity contribution >= 4 is 35.0 Å². The van der Waals surface area contributed by atoms with E-state index in [-0.39, 0.29) is 43.0 Å². The Morgan fingerprint density at radius 1 is 0.932 bits per heavy atom. The number of rotatable bonds is 10. The van der Waals surface area contributed by atoms with E-state index in [1.165, 1.54) is 32.8 Å². The van der Waals surface area contributed by atoms with E-state index >= 15 is 0 Å². The SMILES string of the molecule is CCC(CC)C(=O)/C=C(\O)C(C)(CC)CC.Cc1[c-]c(-c2nccc3cc([Si](C)(C)c4ccccc4)ccc23)cc(C)c1.[Ir]. The minimum atomic E-state index is -1.72. The molecule has 0 amide bonds. The number of benzene rings is 3. The molecule has 0 saturated carbocycles. The number of aryl methyl sites for hydroxylation is 2. The number of aliphatic hydroxyl groups is 1. The van der Waals surface area contributed by atoms with E-state index in [4.69, 9.17) is 0 Å². The fourth-order valence-corrected chi connectivity index (χ4v) is 7.93. The van der Waals surface area contributed by atoms with Gasteiger partial charge < -0.3 is 10.1 Å². The van der Waals surface area contributed by atoms with Gasteiger partial charge in [-0.15, -0.1) is 34.9 Å². The van der Waals surface area contributed by atoms with Crippen LogP contribution in [0.15, 0.2) is 84.8 Å². The van der Waals surface area contributed by atoms with Gasteiger partial charge in [-0.2, -0.15) is 0 Å². The first-order valence-corrected chi connectivity index (χ1v) is 18.8. The molecule has 0 fully saturated rings. The predicted molar refractivity (Wildman–Crippen MR) is 187 cm³/mol. The van der Waals surface area contributed by atoms with E-state index in [9.17, 15) is 9.90 Å². The summed E-state index contributed by atoms with van der Waals surface area (Å²) >= 11 is 0. The summed E-state index contributed by atoms with van der Waals surface area (Å²) < 4.78 is 0. The van der Waals surface area contributed by atoms with Crippen LogP contribution < -0.4 is 10.4 Å². The number of hydrogen-bond donors (Lipinski definition) is 1. The zero-order valence-electron chi connectivity index (χ0n) is 28.0. The number of hydrogen-bond acceptors (Lipinski definition) is 3. The van der Waals surface area contributed by atoms with Crippen LogP contribution >= 0.6 is 0 Å². The molecular weight excluding hydrogens is 735 g/mol. The van der Waals surface area contributed by atoms with Gasteiger partial charge in [0.1, 0.15) is 13.8 Å². The molecule has 0 spiro atoms. The standard InChI is InChI=1S/C25H24NSi.C14H26O2.Ir/c1-18-14-19(2)16-21(15-18)25-24-11-10-23(17-20(24)12-13-26-25)27(3,4)22-8-6-5-7-9-22;1-6-11(7-2)12(15)10-13(16)14(5,8-3)9-4;/h5-15,17H,1-4H3;10-11,16H,6-9H2,1-5H3;/q-1;;/b;13-10-;. The Morgan fingerprint density at radius 3 is 2.14 bits per heavy atom. The molecule has 1 N–H and O–H groups in total. The van der Waals surface area contributed by atoms with E-state index in [0.717, 1.165) is 42.5 Å². The predicted octanol–water partition coefficient (Wildman–Crippen LogP) is 9.40. The summed E-state index contributed by atoms with van der Waals surface area (Å²) in [4.78, 5) is 16.5. The normalized spacial score (nSPS) is 12.0. The third-order valence-electron chi connectivity index (χ3n) is 9.23. The monoisotopic (exact) mass is 785 g/mol. The first-order chi connectivity index (χ1) is 20.4. The first kappa shape index (κ1) is 37.3. The minimum Gasteiger partial charge on any atom is -0.512 e. The molecule has 0 aliphatic carbocycles. The molecule has 0 unspecified atom stereocenters. The minimum absolute atomic E-state index is 0. The number of allylic oxidation sites excluding steroid dienone is 2. The van der Waals surface area contributed by atoms with Crippen molar-refractivity contribution in [1.82, 2.24) is 4.98 Å². The maximum Gasteiger partial charge on any atom is 0.162 e. The van der Waals surface area contributed by atoms with E-state index < -0.39 is 8.07 Å². The van der Waals surface area contributed by atoms with Gasteiger partial charge in [0.2, 0.25) is 0 Å². The van der Waals surface area contributed by atoms with E-state index in [1.807, 2.05) is 40.8 Å². The fraction of sp³-hybridized carbons (Fsp3) is 0.385. The van der Waals surface area contributed by atoms with Crippen molar-refractivity contribution < 1.29 is 30.0 Å². The Morgan fingerprint density at radius 2 is 1.57 bits per heavy atom. The van der Waals surface area contributed by atoms with Crippen LogP contribution in [0.3, 0.4) is 0 Å². The maximum atomic E-state index is 11.9. The van der Waals surface area contributed by atoms with Crippen molar-refractivity contribution in [3.63, 3.8) is 0 Å². The zero-order chi connectivity index (χ0) is 31.8. The second kappa shape index (κ2) is 16.5. The zero-order valence-corrected chi connectivity index (χ0v) is 31.4. The van der Waals surface area contributed by atoms with Crippen molar-refractivity contribution in [2.45, 2.75) is 87.2 Å². The van der Waals surface area contributed by atoms with Crippen molar-refractivity contribution in [1.29, 1.82) is 0 Å². The Hall–Kier alpha value is -2.85. The van der Waals surface area contributed by atoms with Crippen LogP contribution in [-0.2, 0) is 24.9 Å². The molecule has 0 aliphatic rings. The summed E-state index contributed by atoms with van der Waals surface area (Å²) in [5.41, 5.74) is 4.24. The smallest absolute Gasteiger partial charge is 0.162 e. The topological polar surface area (TPSA) is 50.2 Å². The number of aliphatic hydroxyl groups excluding tert-OH is 1. The molecule has 0 aliphatic heterocycles. The second-order valence-electron chi connectivity index (χ2n) is 12.6. The van der Waals surface area contributed by atoms with Crippen molar-refractivity contribution in [2.75, 3.05) is 0 Å². The number of fused-ring (bicyclic) bond motifs is 1. The number of aromatic nitrogens is 1. The summed E-state index contributed by atoms with van der Waals surface area (Å²) in [5.74, 6) is 0.366. The number of pyridine rings is 1. The molecule has 3 nitrogen and oxygen atoms in total. The Labute approximate surface area is 280 Å². The van der Waals surface area contributed by atoms with Crippen LogP contribution in [0, 0.1) is 31.2 Å². The molecular formula is C39H50IrNO2Si-. The summed E-state index contributed by atoms with van der Waals surface area (Å²) in [5, 5.41) is 15.4. The van der Waals surface area contributed by atoms with E-state index in [0.29, 0.717) is 0 Å². The molecule has 3 aromatic carbocycles. The van der Waals surface area contributed by atoms with Gasteiger partial charge in [-0.3, -0.25) is 4.79 Å². The average molecular weight is 785 g/mol. The van der Waals surface area contributed by atoms with Gasteiger partial charge >= 0.3 is 0 Å². The maximum absolute atomic E-state index is 11.9. The van der Waals surface area contributed by atoms with Gasteiger partial charge in [0.25, 0.3) is 0 Å². The second-order valence-corrected chi connectivity index (χ2v) is 17.0. The molecule has 0 saturated heterocycles. The Kier molecular flexibility index (Phi) is 14.0. The summed E-state index contributed by atoms with van der Waals surface area (Å²) in [6.07, 6.45) is 6.75. The Balaban J connectivity index is 0.000000345.